The molecule has 178 valence electrons. The molecule has 4 heterocycles. The maximum Gasteiger partial charge on any atom is 0.193 e. The average molecular weight is 458 g/mol. The van der Waals surface area contributed by atoms with Crippen LogP contribution in [0.2, 0.25) is 0 Å². The molecule has 2 atom stereocenters. The highest BCUT2D eigenvalue weighted by atomic mass is 16.6. The number of epoxide rings is 1. The summed E-state index contributed by atoms with van der Waals surface area (Å²) in [5, 5.41) is 1.13. The second-order valence-electron chi connectivity index (χ2n) is 10.4. The number of likely N-dealkylation sites (tertiary alicyclic amines) is 2. The van der Waals surface area contributed by atoms with E-state index < -0.39 is 0 Å². The molecule has 0 spiro atoms. The van der Waals surface area contributed by atoms with Gasteiger partial charge in [-0.25, -0.2) is 0 Å². The maximum atomic E-state index is 13.7. The Morgan fingerprint density at radius 2 is 1.79 bits per heavy atom. The first-order valence-electron chi connectivity index (χ1n) is 13.0. The van der Waals surface area contributed by atoms with Gasteiger partial charge in [0.15, 0.2) is 5.78 Å². The van der Waals surface area contributed by atoms with Gasteiger partial charge in [-0.15, -0.1) is 0 Å². The Morgan fingerprint density at radius 1 is 1.00 bits per heavy atom. The predicted octanol–water partition coefficient (Wildman–Crippen LogP) is 5.04. The SMILES string of the molecule is O=C(c1ccc2cc[nH]c2c1)c1ccccc1C(C1CO1)N1CCC(CN2CCCCC2)CC1. The van der Waals surface area contributed by atoms with Crippen LogP contribution in [-0.2, 0) is 4.74 Å². The van der Waals surface area contributed by atoms with Gasteiger partial charge < -0.3 is 14.6 Å². The Balaban J connectivity index is 1.20. The van der Waals surface area contributed by atoms with E-state index in [0.29, 0.717) is 0 Å². The molecule has 1 aromatic heterocycles. The van der Waals surface area contributed by atoms with Crippen LogP contribution < -0.4 is 0 Å². The fraction of sp³-hybridized carbons (Fsp3) is 0.483. The number of aromatic amines is 1. The summed E-state index contributed by atoms with van der Waals surface area (Å²) in [5.41, 5.74) is 3.67. The Morgan fingerprint density at radius 3 is 2.59 bits per heavy atom. The number of nitrogens with one attached hydrogen (secondary N) is 1. The number of hydrogen-bond acceptors (Lipinski definition) is 4. The van der Waals surface area contributed by atoms with Crippen LogP contribution in [0.5, 0.6) is 0 Å². The van der Waals surface area contributed by atoms with Crippen molar-refractivity contribution in [3.63, 3.8) is 0 Å². The van der Waals surface area contributed by atoms with E-state index in [-0.39, 0.29) is 17.9 Å². The van der Waals surface area contributed by atoms with Gasteiger partial charge in [0.25, 0.3) is 0 Å². The van der Waals surface area contributed by atoms with Gasteiger partial charge in [-0.2, -0.15) is 0 Å². The first-order chi connectivity index (χ1) is 16.8. The second kappa shape index (κ2) is 9.65. The predicted molar refractivity (Wildman–Crippen MR) is 135 cm³/mol. The van der Waals surface area contributed by atoms with E-state index in [9.17, 15) is 4.79 Å². The molecule has 1 N–H and O–H groups in total. The van der Waals surface area contributed by atoms with Crippen LogP contribution in [0, 0.1) is 5.92 Å². The lowest BCUT2D eigenvalue weighted by Crippen LogP contribution is -2.43. The molecule has 5 nitrogen and oxygen atoms in total. The van der Waals surface area contributed by atoms with Gasteiger partial charge in [0.1, 0.15) is 6.10 Å². The third kappa shape index (κ3) is 4.57. The van der Waals surface area contributed by atoms with Crippen molar-refractivity contribution >= 4 is 16.7 Å². The van der Waals surface area contributed by atoms with Gasteiger partial charge in [-0.3, -0.25) is 9.69 Å². The van der Waals surface area contributed by atoms with Crippen LogP contribution in [0.25, 0.3) is 10.9 Å². The molecule has 5 heteroatoms. The van der Waals surface area contributed by atoms with Gasteiger partial charge >= 0.3 is 0 Å². The average Bonchev–Trinajstić information content (AvgIpc) is 3.60. The Kier molecular flexibility index (Phi) is 6.25. The molecule has 0 aliphatic carbocycles. The molecule has 0 bridgehead atoms. The topological polar surface area (TPSA) is 51.9 Å². The van der Waals surface area contributed by atoms with E-state index in [4.69, 9.17) is 4.74 Å². The van der Waals surface area contributed by atoms with Crippen LogP contribution in [0.3, 0.4) is 0 Å². The Labute approximate surface area is 202 Å². The number of piperidine rings is 2. The molecule has 3 fully saturated rings. The van der Waals surface area contributed by atoms with E-state index in [1.54, 1.807) is 0 Å². The maximum absolute atomic E-state index is 13.7. The fourth-order valence-electron chi connectivity index (χ4n) is 6.10. The summed E-state index contributed by atoms with van der Waals surface area (Å²) in [6.45, 7) is 6.77. The molecular formula is C29H35N3O2. The van der Waals surface area contributed by atoms with Gasteiger partial charge in [-0.05, 0) is 80.9 Å². The molecule has 0 radical (unpaired) electrons. The number of nitrogens with zero attached hydrogens (tertiary/aromatic N) is 2. The van der Waals surface area contributed by atoms with E-state index in [0.717, 1.165) is 53.2 Å². The van der Waals surface area contributed by atoms with Crippen LogP contribution in [-0.4, -0.2) is 66.0 Å². The molecule has 2 aromatic carbocycles. The van der Waals surface area contributed by atoms with Crippen molar-refractivity contribution in [3.05, 3.63) is 71.4 Å². The molecule has 6 rings (SSSR count). The summed E-state index contributed by atoms with van der Waals surface area (Å²) in [6.07, 6.45) is 8.71. The minimum absolute atomic E-state index is 0.0951. The Hall–Kier alpha value is -2.47. The van der Waals surface area contributed by atoms with Crippen molar-refractivity contribution < 1.29 is 9.53 Å². The number of carbonyl (C=O) groups is 1. The molecule has 34 heavy (non-hydrogen) atoms. The summed E-state index contributed by atoms with van der Waals surface area (Å²) in [5.74, 6) is 0.886. The molecule has 0 amide bonds. The quantitative estimate of drug-likeness (QED) is 0.399. The highest BCUT2D eigenvalue weighted by Gasteiger charge is 2.41. The van der Waals surface area contributed by atoms with Crippen LogP contribution in [0.1, 0.15) is 59.6 Å². The number of hydrogen-bond donors (Lipinski definition) is 1. The van der Waals surface area contributed by atoms with E-state index in [1.165, 1.54) is 51.7 Å². The van der Waals surface area contributed by atoms with Crippen molar-refractivity contribution in [2.45, 2.75) is 44.2 Å². The normalized spacial score (nSPS) is 23.2. The number of aromatic nitrogens is 1. The van der Waals surface area contributed by atoms with Crippen molar-refractivity contribution in [3.8, 4) is 0 Å². The summed E-state index contributed by atoms with van der Waals surface area (Å²) in [7, 11) is 0. The zero-order valence-electron chi connectivity index (χ0n) is 19.9. The molecule has 3 aliphatic rings. The summed E-state index contributed by atoms with van der Waals surface area (Å²) >= 11 is 0. The second-order valence-corrected chi connectivity index (χ2v) is 10.4. The highest BCUT2D eigenvalue weighted by Crippen LogP contribution is 2.38. The molecule has 3 aliphatic heterocycles. The summed E-state index contributed by atoms with van der Waals surface area (Å²) < 4.78 is 5.85. The van der Waals surface area contributed by atoms with Crippen molar-refractivity contribution in [2.75, 3.05) is 39.3 Å². The van der Waals surface area contributed by atoms with E-state index in [1.807, 2.05) is 42.6 Å². The molecule has 0 saturated carbocycles. The molecule has 3 aromatic rings. The first kappa shape index (κ1) is 22.0. The summed E-state index contributed by atoms with van der Waals surface area (Å²) in [6, 6.07) is 16.3. The summed E-state index contributed by atoms with van der Waals surface area (Å²) in [4.78, 5) is 22.2. The zero-order valence-corrected chi connectivity index (χ0v) is 19.9. The number of ketones is 1. The van der Waals surface area contributed by atoms with Gasteiger partial charge in [0, 0.05) is 29.4 Å². The standard InChI is InChI=1S/C29H35N3O2/c33-29(23-9-8-22-10-13-30-26(22)18-23)25-7-3-2-6-24(25)28(27-20-34-27)32-16-11-21(12-17-32)19-31-14-4-1-5-15-31/h2-3,6-10,13,18,21,27-28,30H,1,4-5,11-12,14-17,19-20H2. The fourth-order valence-corrected chi connectivity index (χ4v) is 6.10. The molecule has 3 saturated heterocycles. The van der Waals surface area contributed by atoms with Gasteiger partial charge in [0.05, 0.1) is 12.6 Å². The Bertz CT molecular complexity index is 1140. The zero-order chi connectivity index (χ0) is 22.9. The minimum Gasteiger partial charge on any atom is -0.371 e. The van der Waals surface area contributed by atoms with Gasteiger partial charge in [-0.1, -0.05) is 42.8 Å². The van der Waals surface area contributed by atoms with Crippen molar-refractivity contribution in [2.24, 2.45) is 5.92 Å². The lowest BCUT2D eigenvalue weighted by Gasteiger charge is -2.39. The van der Waals surface area contributed by atoms with Crippen LogP contribution in [0.4, 0.5) is 0 Å². The number of carbonyl (C=O) groups excluding carboxylic acids is 1. The third-order valence-corrected chi connectivity index (χ3v) is 8.06. The smallest absolute Gasteiger partial charge is 0.193 e. The lowest BCUT2D eigenvalue weighted by molar-refractivity contribution is 0.0884. The minimum atomic E-state index is 0.0951. The van der Waals surface area contributed by atoms with Gasteiger partial charge in [0.2, 0.25) is 0 Å². The number of fused-ring (bicyclic) bond motifs is 1. The molecular weight excluding hydrogens is 422 g/mol. The number of ether oxygens (including phenoxy) is 1. The van der Waals surface area contributed by atoms with E-state index in [2.05, 4.69) is 26.9 Å². The molecule has 2 unspecified atom stereocenters. The van der Waals surface area contributed by atoms with Crippen molar-refractivity contribution in [1.82, 2.24) is 14.8 Å². The first-order valence-corrected chi connectivity index (χ1v) is 13.0. The highest BCUT2D eigenvalue weighted by molar-refractivity contribution is 6.11. The number of benzene rings is 2. The lowest BCUT2D eigenvalue weighted by atomic mass is 9.89. The largest absolute Gasteiger partial charge is 0.371 e. The van der Waals surface area contributed by atoms with E-state index >= 15 is 0 Å². The van der Waals surface area contributed by atoms with Crippen LogP contribution in [0.15, 0.2) is 54.7 Å². The van der Waals surface area contributed by atoms with Crippen molar-refractivity contribution in [1.29, 1.82) is 0 Å². The number of H-pyrrole nitrogens is 1. The number of rotatable bonds is 7. The third-order valence-electron chi connectivity index (χ3n) is 8.06. The monoisotopic (exact) mass is 457 g/mol. The van der Waals surface area contributed by atoms with Crippen LogP contribution >= 0.6 is 0 Å².